The molecule has 1 unspecified atom stereocenters. The van der Waals surface area contributed by atoms with Crippen molar-refractivity contribution in [3.63, 3.8) is 0 Å². The Balaban J connectivity index is 2.71. The molecule has 0 aliphatic heterocycles. The summed E-state index contributed by atoms with van der Waals surface area (Å²) in [6.07, 6.45) is 0. The predicted octanol–water partition coefficient (Wildman–Crippen LogP) is 2.15. The Bertz CT molecular complexity index is 304. The van der Waals surface area contributed by atoms with Gasteiger partial charge in [0.05, 0.1) is 6.07 Å². The molecule has 1 aromatic carbocycles. The molecule has 12 heavy (non-hydrogen) atoms. The van der Waals surface area contributed by atoms with Crippen molar-refractivity contribution in [3.05, 3.63) is 30.1 Å². The van der Waals surface area contributed by atoms with Crippen LogP contribution in [0.25, 0.3) is 0 Å². The van der Waals surface area contributed by atoms with Gasteiger partial charge >= 0.3 is 0 Å². The maximum absolute atomic E-state index is 12.6. The zero-order chi connectivity index (χ0) is 8.97. The number of benzene rings is 1. The molecule has 0 aliphatic rings. The lowest BCUT2D eigenvalue weighted by Gasteiger charge is -2.06. The van der Waals surface area contributed by atoms with Gasteiger partial charge in [0.15, 0.2) is 0 Å². The Kier molecular flexibility index (Phi) is 2.65. The highest BCUT2D eigenvalue weighted by atomic mass is 19.1. The van der Waals surface area contributed by atoms with Gasteiger partial charge in [-0.05, 0) is 25.1 Å². The van der Waals surface area contributed by atoms with E-state index in [1.807, 2.05) is 6.07 Å². The van der Waals surface area contributed by atoms with Gasteiger partial charge in [-0.1, -0.05) is 6.07 Å². The van der Waals surface area contributed by atoms with E-state index in [4.69, 9.17) is 5.26 Å². The van der Waals surface area contributed by atoms with Gasteiger partial charge in [-0.15, -0.1) is 0 Å². The summed E-state index contributed by atoms with van der Waals surface area (Å²) in [6, 6.07) is 7.74. The quantitative estimate of drug-likeness (QED) is 0.726. The van der Waals surface area contributed by atoms with E-state index in [0.717, 1.165) is 0 Å². The van der Waals surface area contributed by atoms with E-state index >= 15 is 0 Å². The molecule has 1 rings (SSSR count). The molecule has 0 spiro atoms. The van der Waals surface area contributed by atoms with Crippen molar-refractivity contribution in [2.75, 3.05) is 5.32 Å². The Labute approximate surface area is 70.6 Å². The van der Waals surface area contributed by atoms with E-state index < -0.39 is 0 Å². The highest BCUT2D eigenvalue weighted by Gasteiger charge is 1.98. The third-order valence-corrected chi connectivity index (χ3v) is 1.40. The predicted molar refractivity (Wildman–Crippen MR) is 45.1 cm³/mol. The van der Waals surface area contributed by atoms with Gasteiger partial charge in [0.1, 0.15) is 11.9 Å². The van der Waals surface area contributed by atoms with Crippen LogP contribution in [0.3, 0.4) is 0 Å². The van der Waals surface area contributed by atoms with Crippen LogP contribution >= 0.6 is 0 Å². The maximum Gasteiger partial charge on any atom is 0.125 e. The van der Waals surface area contributed by atoms with Crippen LogP contribution < -0.4 is 5.32 Å². The highest BCUT2D eigenvalue weighted by molar-refractivity contribution is 5.44. The summed E-state index contributed by atoms with van der Waals surface area (Å²) in [6.45, 7) is 1.71. The van der Waals surface area contributed by atoms with E-state index in [2.05, 4.69) is 5.32 Å². The summed E-state index contributed by atoms with van der Waals surface area (Å²) < 4.78 is 12.6. The Morgan fingerprint density at radius 1 is 1.58 bits per heavy atom. The van der Waals surface area contributed by atoms with Gasteiger partial charge < -0.3 is 5.32 Å². The third-order valence-electron chi connectivity index (χ3n) is 1.40. The molecule has 0 heterocycles. The molecule has 2 nitrogen and oxygen atoms in total. The second kappa shape index (κ2) is 3.72. The normalized spacial score (nSPS) is 11.8. The number of rotatable bonds is 2. The van der Waals surface area contributed by atoms with Crippen molar-refractivity contribution in [2.24, 2.45) is 0 Å². The van der Waals surface area contributed by atoms with Crippen molar-refractivity contribution in [1.82, 2.24) is 0 Å². The molecule has 1 aromatic rings. The fourth-order valence-electron chi connectivity index (χ4n) is 0.861. The lowest BCUT2D eigenvalue weighted by molar-refractivity contribution is 0.628. The number of nitrogens with one attached hydrogen (secondary N) is 1. The molecule has 62 valence electrons. The van der Waals surface area contributed by atoms with Crippen LogP contribution in [0.15, 0.2) is 24.3 Å². The first-order chi connectivity index (χ1) is 5.72. The van der Waals surface area contributed by atoms with Crippen LogP contribution in [0.2, 0.25) is 0 Å². The minimum absolute atomic E-state index is 0.299. The van der Waals surface area contributed by atoms with Crippen LogP contribution in [0.1, 0.15) is 6.92 Å². The van der Waals surface area contributed by atoms with Crippen LogP contribution in [0.5, 0.6) is 0 Å². The molecule has 0 fully saturated rings. The third kappa shape index (κ3) is 2.24. The lowest BCUT2D eigenvalue weighted by atomic mass is 10.3. The van der Waals surface area contributed by atoms with Crippen molar-refractivity contribution in [2.45, 2.75) is 13.0 Å². The molecule has 0 saturated heterocycles. The molecule has 0 amide bonds. The highest BCUT2D eigenvalue weighted by Crippen LogP contribution is 2.09. The van der Waals surface area contributed by atoms with Crippen molar-refractivity contribution in [1.29, 1.82) is 5.26 Å². The molecular weight excluding hydrogens is 155 g/mol. The molecule has 1 atom stereocenters. The molecule has 3 heteroatoms. The molecule has 0 radical (unpaired) electrons. The van der Waals surface area contributed by atoms with Crippen LogP contribution in [-0.4, -0.2) is 6.04 Å². The summed E-state index contributed by atoms with van der Waals surface area (Å²) in [7, 11) is 0. The minimum Gasteiger partial charge on any atom is -0.370 e. The number of hydrogen-bond acceptors (Lipinski definition) is 2. The van der Waals surface area contributed by atoms with Crippen molar-refractivity contribution in [3.8, 4) is 6.07 Å². The lowest BCUT2D eigenvalue weighted by Crippen LogP contribution is -2.11. The number of hydrogen-bond donors (Lipinski definition) is 1. The van der Waals surface area contributed by atoms with Gasteiger partial charge in [0.25, 0.3) is 0 Å². The summed E-state index contributed by atoms with van der Waals surface area (Å²) in [4.78, 5) is 0. The first kappa shape index (κ1) is 8.54. The topological polar surface area (TPSA) is 35.8 Å². The number of halogens is 1. The zero-order valence-corrected chi connectivity index (χ0v) is 6.71. The summed E-state index contributed by atoms with van der Waals surface area (Å²) in [5.41, 5.74) is 0.629. The van der Waals surface area contributed by atoms with E-state index in [9.17, 15) is 4.39 Å². The van der Waals surface area contributed by atoms with E-state index in [0.29, 0.717) is 5.69 Å². The Morgan fingerprint density at radius 3 is 2.92 bits per heavy atom. The second-order valence-electron chi connectivity index (χ2n) is 2.51. The monoisotopic (exact) mass is 164 g/mol. The fraction of sp³-hybridized carbons (Fsp3) is 0.222. The molecule has 0 saturated carbocycles. The summed E-state index contributed by atoms with van der Waals surface area (Å²) in [5, 5.41) is 11.3. The standard InChI is InChI=1S/C9H9FN2/c1-7(6-11)12-9-4-2-3-8(10)5-9/h2-5,7,12H,1H3. The Morgan fingerprint density at radius 2 is 2.33 bits per heavy atom. The summed E-state index contributed by atoms with van der Waals surface area (Å²) >= 11 is 0. The second-order valence-corrected chi connectivity index (χ2v) is 2.51. The van der Waals surface area contributed by atoms with Gasteiger partial charge in [-0.2, -0.15) is 5.26 Å². The van der Waals surface area contributed by atoms with Crippen LogP contribution in [0, 0.1) is 17.1 Å². The van der Waals surface area contributed by atoms with Gasteiger partial charge in [0.2, 0.25) is 0 Å². The summed E-state index contributed by atoms with van der Waals surface area (Å²) in [5.74, 6) is -0.301. The van der Waals surface area contributed by atoms with E-state index in [1.165, 1.54) is 12.1 Å². The van der Waals surface area contributed by atoms with Gasteiger partial charge in [-0.3, -0.25) is 0 Å². The van der Waals surface area contributed by atoms with Crippen molar-refractivity contribution >= 4 is 5.69 Å². The SMILES string of the molecule is CC(C#N)Nc1cccc(F)c1. The smallest absolute Gasteiger partial charge is 0.125 e. The minimum atomic E-state index is -0.301. The van der Waals surface area contributed by atoms with E-state index in [1.54, 1.807) is 19.1 Å². The number of nitriles is 1. The van der Waals surface area contributed by atoms with Crippen molar-refractivity contribution < 1.29 is 4.39 Å². The van der Waals surface area contributed by atoms with Crippen LogP contribution in [-0.2, 0) is 0 Å². The molecule has 0 aromatic heterocycles. The molecule has 0 aliphatic carbocycles. The molecule has 0 bridgehead atoms. The largest absolute Gasteiger partial charge is 0.370 e. The number of nitrogens with zero attached hydrogens (tertiary/aromatic N) is 1. The van der Waals surface area contributed by atoms with Gasteiger partial charge in [0, 0.05) is 5.69 Å². The van der Waals surface area contributed by atoms with E-state index in [-0.39, 0.29) is 11.9 Å². The van der Waals surface area contributed by atoms with Gasteiger partial charge in [-0.25, -0.2) is 4.39 Å². The molecule has 1 N–H and O–H groups in total. The Hall–Kier alpha value is -1.56. The number of anilines is 1. The first-order valence-corrected chi connectivity index (χ1v) is 3.64. The average Bonchev–Trinajstić information content (AvgIpc) is 2.04. The average molecular weight is 164 g/mol. The zero-order valence-electron chi connectivity index (χ0n) is 6.71. The maximum atomic E-state index is 12.6. The first-order valence-electron chi connectivity index (χ1n) is 3.64. The fourth-order valence-corrected chi connectivity index (χ4v) is 0.861. The van der Waals surface area contributed by atoms with Crippen LogP contribution in [0.4, 0.5) is 10.1 Å². The molecular formula is C9H9FN2.